The first kappa shape index (κ1) is 30.7. The lowest BCUT2D eigenvalue weighted by molar-refractivity contribution is -0.145. The second kappa shape index (κ2) is 13.9. The van der Waals surface area contributed by atoms with E-state index in [0.29, 0.717) is 5.56 Å². The Morgan fingerprint density at radius 3 is 2.13 bits per heavy atom. The van der Waals surface area contributed by atoms with Crippen LogP contribution in [-0.2, 0) is 35.2 Å². The third-order valence-corrected chi connectivity index (χ3v) is 5.85. The Bertz CT molecular complexity index is 1230. The number of fused-ring (bicyclic) bond motifs is 1. The molecule has 5 amide bonds. The number of carboxylic acids is 1. The van der Waals surface area contributed by atoms with Crippen molar-refractivity contribution < 1.29 is 39.0 Å². The lowest BCUT2D eigenvalue weighted by Crippen LogP contribution is -2.59. The van der Waals surface area contributed by atoms with Gasteiger partial charge in [0.15, 0.2) is 6.04 Å². The Morgan fingerprint density at radius 1 is 0.923 bits per heavy atom. The first-order chi connectivity index (χ1) is 18.3. The summed E-state index contributed by atoms with van der Waals surface area (Å²) in [5.74, 6) is -5.92. The minimum Gasteiger partial charge on any atom is -0.480 e. The zero-order valence-electron chi connectivity index (χ0n) is 21.2. The molecule has 5 unspecified atom stereocenters. The lowest BCUT2D eigenvalue weighted by Gasteiger charge is -2.25. The maximum Gasteiger partial charge on any atom is 0.328 e. The SMILES string of the molecule is CC(O)C(NC(=O)C(Cc1c[nH]c2ccccc12)NC(=O)C(CC(N)=O)NC(=O)C(N)CCC(N)=O)C(=O)O. The first-order valence-corrected chi connectivity index (χ1v) is 12.0. The molecular formula is C24H33N7O8. The molecule has 0 fully saturated rings. The molecule has 15 nitrogen and oxygen atoms in total. The molecule has 0 saturated carbocycles. The summed E-state index contributed by atoms with van der Waals surface area (Å²) in [5.41, 5.74) is 17.4. The standard InChI is InChI=1S/C24H33N7O8/c1-11(32)20(24(38)39)31-23(37)16(8-12-10-28-15-5-3-2-4-13(12)15)30-22(36)17(9-19(27)34)29-21(35)14(25)6-7-18(26)33/h2-5,10-11,14,16-17,20,28,32H,6-9,25H2,1H3,(H2,26,33)(H2,27,34)(H,29,35)(H,30,36)(H,31,37)(H,38,39). The minimum atomic E-state index is -1.68. The lowest BCUT2D eigenvalue weighted by atomic mass is 10.0. The number of aromatic amines is 1. The molecule has 1 aromatic carbocycles. The van der Waals surface area contributed by atoms with Gasteiger partial charge in [-0.2, -0.15) is 0 Å². The highest BCUT2D eigenvalue weighted by Gasteiger charge is 2.33. The highest BCUT2D eigenvalue weighted by atomic mass is 16.4. The fraction of sp³-hybridized carbons (Fsp3) is 0.417. The molecule has 0 radical (unpaired) electrons. The van der Waals surface area contributed by atoms with Crippen molar-refractivity contribution in [1.29, 1.82) is 0 Å². The van der Waals surface area contributed by atoms with Crippen LogP contribution < -0.4 is 33.2 Å². The molecule has 2 rings (SSSR count). The van der Waals surface area contributed by atoms with Crippen LogP contribution in [0.1, 0.15) is 31.7 Å². The molecular weight excluding hydrogens is 514 g/mol. The number of aliphatic carboxylic acids is 1. The van der Waals surface area contributed by atoms with Crippen LogP contribution in [0.15, 0.2) is 30.5 Å². The van der Waals surface area contributed by atoms with Gasteiger partial charge in [-0.3, -0.25) is 24.0 Å². The molecule has 0 aliphatic heterocycles. The Labute approximate surface area is 222 Å². The molecule has 0 spiro atoms. The summed E-state index contributed by atoms with van der Waals surface area (Å²) in [7, 11) is 0. The van der Waals surface area contributed by atoms with Crippen LogP contribution in [0.4, 0.5) is 0 Å². The van der Waals surface area contributed by atoms with Gasteiger partial charge in [0.25, 0.3) is 0 Å². The molecule has 1 aromatic heterocycles. The van der Waals surface area contributed by atoms with Crippen LogP contribution in [0.25, 0.3) is 10.9 Å². The van der Waals surface area contributed by atoms with Crippen molar-refractivity contribution in [2.45, 2.75) is 62.9 Å². The number of rotatable bonds is 15. The maximum absolute atomic E-state index is 13.2. The topological polar surface area (TPSA) is 273 Å². The Morgan fingerprint density at radius 2 is 1.54 bits per heavy atom. The van der Waals surface area contributed by atoms with Gasteiger partial charge in [-0.05, 0) is 25.0 Å². The largest absolute Gasteiger partial charge is 0.480 e. The van der Waals surface area contributed by atoms with Crippen molar-refractivity contribution in [3.05, 3.63) is 36.0 Å². The number of nitrogens with one attached hydrogen (secondary N) is 4. The smallest absolute Gasteiger partial charge is 0.328 e. The van der Waals surface area contributed by atoms with E-state index in [2.05, 4.69) is 20.9 Å². The second-order valence-corrected chi connectivity index (χ2v) is 9.03. The number of aromatic nitrogens is 1. The average molecular weight is 548 g/mol. The molecule has 0 aliphatic carbocycles. The second-order valence-electron chi connectivity index (χ2n) is 9.03. The normalized spacial score (nSPS) is 14.8. The number of amides is 5. The summed E-state index contributed by atoms with van der Waals surface area (Å²) in [6, 6.07) is 1.28. The van der Waals surface area contributed by atoms with Gasteiger partial charge in [0.05, 0.1) is 18.6 Å². The quantitative estimate of drug-likeness (QED) is 0.110. The van der Waals surface area contributed by atoms with Crippen molar-refractivity contribution in [2.24, 2.45) is 17.2 Å². The predicted molar refractivity (Wildman–Crippen MR) is 137 cm³/mol. The first-order valence-electron chi connectivity index (χ1n) is 12.0. The average Bonchev–Trinajstić information content (AvgIpc) is 3.26. The number of hydrogen-bond acceptors (Lipinski definition) is 8. The maximum atomic E-state index is 13.2. The molecule has 15 heteroatoms. The zero-order valence-corrected chi connectivity index (χ0v) is 21.2. The minimum absolute atomic E-state index is 0.117. The van der Waals surface area contributed by atoms with E-state index in [-0.39, 0.29) is 19.3 Å². The molecule has 0 saturated heterocycles. The number of carbonyl (C=O) groups excluding carboxylic acids is 5. The molecule has 1 heterocycles. The summed E-state index contributed by atoms with van der Waals surface area (Å²) < 4.78 is 0. The molecule has 12 N–H and O–H groups in total. The van der Waals surface area contributed by atoms with E-state index in [1.807, 2.05) is 0 Å². The summed E-state index contributed by atoms with van der Waals surface area (Å²) in [6.07, 6.45) is -0.924. The van der Waals surface area contributed by atoms with Gasteiger partial charge in [0, 0.05) is 29.9 Å². The molecule has 39 heavy (non-hydrogen) atoms. The Balaban J connectivity index is 2.31. The van der Waals surface area contributed by atoms with E-state index in [9.17, 15) is 39.0 Å². The van der Waals surface area contributed by atoms with E-state index >= 15 is 0 Å². The van der Waals surface area contributed by atoms with Gasteiger partial charge in [0.2, 0.25) is 29.5 Å². The van der Waals surface area contributed by atoms with Crippen LogP contribution in [0.5, 0.6) is 0 Å². The van der Waals surface area contributed by atoms with Gasteiger partial charge < -0.3 is 48.3 Å². The molecule has 212 valence electrons. The van der Waals surface area contributed by atoms with E-state index in [0.717, 1.165) is 10.9 Å². The van der Waals surface area contributed by atoms with Crippen molar-refractivity contribution in [2.75, 3.05) is 0 Å². The van der Waals surface area contributed by atoms with Crippen LogP contribution >= 0.6 is 0 Å². The van der Waals surface area contributed by atoms with Crippen molar-refractivity contribution >= 4 is 46.4 Å². The highest BCUT2D eigenvalue weighted by molar-refractivity contribution is 5.96. The third kappa shape index (κ3) is 9.08. The van der Waals surface area contributed by atoms with Gasteiger partial charge in [-0.15, -0.1) is 0 Å². The van der Waals surface area contributed by atoms with Crippen molar-refractivity contribution in [1.82, 2.24) is 20.9 Å². The number of para-hydroxylation sites is 1. The fourth-order valence-corrected chi connectivity index (χ4v) is 3.76. The number of hydrogen-bond donors (Lipinski definition) is 9. The van der Waals surface area contributed by atoms with Crippen LogP contribution in [-0.4, -0.2) is 81.0 Å². The van der Waals surface area contributed by atoms with Crippen LogP contribution in [0, 0.1) is 0 Å². The number of nitrogens with two attached hydrogens (primary N) is 3. The Kier molecular flexibility index (Phi) is 10.9. The van der Waals surface area contributed by atoms with Crippen molar-refractivity contribution in [3.8, 4) is 0 Å². The van der Waals surface area contributed by atoms with Crippen LogP contribution in [0.3, 0.4) is 0 Å². The molecule has 0 aliphatic rings. The van der Waals surface area contributed by atoms with E-state index in [4.69, 9.17) is 17.2 Å². The van der Waals surface area contributed by atoms with Gasteiger partial charge >= 0.3 is 5.97 Å². The summed E-state index contributed by atoms with van der Waals surface area (Å²) in [5, 5.41) is 26.8. The van der Waals surface area contributed by atoms with Gasteiger partial charge in [-0.1, -0.05) is 18.2 Å². The van der Waals surface area contributed by atoms with Gasteiger partial charge in [0.1, 0.15) is 12.1 Å². The highest BCUT2D eigenvalue weighted by Crippen LogP contribution is 2.19. The monoisotopic (exact) mass is 547 g/mol. The fourth-order valence-electron chi connectivity index (χ4n) is 3.76. The Hall–Kier alpha value is -4.50. The molecule has 0 bridgehead atoms. The predicted octanol–water partition coefficient (Wildman–Crippen LogP) is -2.90. The number of primary amides is 2. The molecule has 5 atom stereocenters. The van der Waals surface area contributed by atoms with E-state index < -0.39 is 72.2 Å². The number of aliphatic hydroxyl groups is 1. The van der Waals surface area contributed by atoms with Crippen LogP contribution in [0.2, 0.25) is 0 Å². The number of aliphatic hydroxyl groups excluding tert-OH is 1. The number of carbonyl (C=O) groups is 6. The summed E-state index contributed by atoms with van der Waals surface area (Å²) in [6.45, 7) is 1.17. The molecule has 2 aromatic rings. The van der Waals surface area contributed by atoms with Gasteiger partial charge in [-0.25, -0.2) is 4.79 Å². The van der Waals surface area contributed by atoms with Crippen molar-refractivity contribution in [3.63, 3.8) is 0 Å². The third-order valence-electron chi connectivity index (χ3n) is 5.85. The zero-order chi connectivity index (χ0) is 29.3. The van der Waals surface area contributed by atoms with E-state index in [1.165, 1.54) is 6.92 Å². The summed E-state index contributed by atoms with van der Waals surface area (Å²) in [4.78, 5) is 75.9. The number of H-pyrrole nitrogens is 1. The summed E-state index contributed by atoms with van der Waals surface area (Å²) >= 11 is 0. The van der Waals surface area contributed by atoms with E-state index in [1.54, 1.807) is 30.5 Å². The number of carboxylic acid groups (broad SMARTS) is 1. The number of benzene rings is 1.